The highest BCUT2D eigenvalue weighted by molar-refractivity contribution is 5.72. The molecule has 0 bridgehead atoms. The first kappa shape index (κ1) is 11.7. The molecule has 0 radical (unpaired) electrons. The summed E-state index contributed by atoms with van der Waals surface area (Å²) in [5, 5.41) is 0. The van der Waals surface area contributed by atoms with E-state index in [0.717, 1.165) is 0 Å². The standard InChI is InChI=1S/C16H19N/c1-12-9-14(11-15(10-12)17(3)4)16-8-6-5-7-13(16)2/h5-11H,1-4H3. The minimum absolute atomic E-state index is 1.25. The molecular formula is C16H19N. The monoisotopic (exact) mass is 225 g/mol. The SMILES string of the molecule is Cc1cc(-c2ccccc2C)cc(N(C)C)c1. The molecule has 0 aliphatic carbocycles. The summed E-state index contributed by atoms with van der Waals surface area (Å²) >= 11 is 0. The minimum atomic E-state index is 1.25. The highest BCUT2D eigenvalue weighted by Crippen LogP contribution is 2.28. The average molecular weight is 225 g/mol. The average Bonchev–Trinajstić information content (AvgIpc) is 2.28. The van der Waals surface area contributed by atoms with Gasteiger partial charge in [0.25, 0.3) is 0 Å². The number of hydrogen-bond acceptors (Lipinski definition) is 1. The first-order valence-electron chi connectivity index (χ1n) is 5.93. The van der Waals surface area contributed by atoms with Crippen molar-refractivity contribution < 1.29 is 0 Å². The third-order valence-electron chi connectivity index (χ3n) is 3.03. The molecule has 0 aromatic heterocycles. The Morgan fingerprint density at radius 2 is 1.59 bits per heavy atom. The lowest BCUT2D eigenvalue weighted by Crippen LogP contribution is -2.08. The number of benzene rings is 2. The van der Waals surface area contributed by atoms with E-state index in [4.69, 9.17) is 0 Å². The van der Waals surface area contributed by atoms with Crippen LogP contribution in [0.1, 0.15) is 11.1 Å². The van der Waals surface area contributed by atoms with Crippen molar-refractivity contribution >= 4 is 5.69 Å². The molecule has 2 aromatic carbocycles. The number of aryl methyl sites for hydroxylation is 2. The Hall–Kier alpha value is -1.76. The number of nitrogens with zero attached hydrogens (tertiary/aromatic N) is 1. The van der Waals surface area contributed by atoms with Gasteiger partial charge in [-0.3, -0.25) is 0 Å². The van der Waals surface area contributed by atoms with E-state index in [2.05, 4.69) is 75.3 Å². The van der Waals surface area contributed by atoms with Crippen LogP contribution in [0.5, 0.6) is 0 Å². The van der Waals surface area contributed by atoms with Gasteiger partial charge in [0.1, 0.15) is 0 Å². The second-order valence-electron chi connectivity index (χ2n) is 4.77. The maximum absolute atomic E-state index is 2.25. The molecule has 17 heavy (non-hydrogen) atoms. The predicted molar refractivity (Wildman–Crippen MR) is 75.7 cm³/mol. The summed E-state index contributed by atoms with van der Waals surface area (Å²) in [4.78, 5) is 2.15. The quantitative estimate of drug-likeness (QED) is 0.745. The van der Waals surface area contributed by atoms with Crippen molar-refractivity contribution in [3.8, 4) is 11.1 Å². The zero-order valence-electron chi connectivity index (χ0n) is 11.0. The summed E-state index contributed by atoms with van der Waals surface area (Å²) < 4.78 is 0. The first-order chi connectivity index (χ1) is 8.08. The van der Waals surface area contributed by atoms with Gasteiger partial charge in [0.2, 0.25) is 0 Å². The van der Waals surface area contributed by atoms with Gasteiger partial charge < -0.3 is 4.90 Å². The van der Waals surface area contributed by atoms with E-state index in [1.54, 1.807) is 0 Å². The molecule has 0 amide bonds. The van der Waals surface area contributed by atoms with E-state index in [1.165, 1.54) is 27.9 Å². The van der Waals surface area contributed by atoms with Gasteiger partial charge in [-0.2, -0.15) is 0 Å². The fraction of sp³-hybridized carbons (Fsp3) is 0.250. The van der Waals surface area contributed by atoms with E-state index in [1.807, 2.05) is 0 Å². The van der Waals surface area contributed by atoms with Gasteiger partial charge in [-0.05, 0) is 48.2 Å². The van der Waals surface area contributed by atoms with Crippen LogP contribution in [0.25, 0.3) is 11.1 Å². The molecule has 2 aromatic rings. The molecule has 0 spiro atoms. The van der Waals surface area contributed by atoms with Crippen LogP contribution in [0.2, 0.25) is 0 Å². The van der Waals surface area contributed by atoms with Gasteiger partial charge in [0.15, 0.2) is 0 Å². The van der Waals surface area contributed by atoms with Crippen LogP contribution < -0.4 is 4.90 Å². The molecule has 88 valence electrons. The van der Waals surface area contributed by atoms with Crippen LogP contribution >= 0.6 is 0 Å². The normalized spacial score (nSPS) is 10.4. The summed E-state index contributed by atoms with van der Waals surface area (Å²) in [5.74, 6) is 0. The molecule has 1 heteroatoms. The van der Waals surface area contributed by atoms with Gasteiger partial charge in [0.05, 0.1) is 0 Å². The summed E-state index contributed by atoms with van der Waals surface area (Å²) in [6.07, 6.45) is 0. The summed E-state index contributed by atoms with van der Waals surface area (Å²) in [6, 6.07) is 15.2. The lowest BCUT2D eigenvalue weighted by Gasteiger charge is -2.16. The van der Waals surface area contributed by atoms with Crippen LogP contribution in [-0.2, 0) is 0 Å². The summed E-state index contributed by atoms with van der Waals surface area (Å²) in [7, 11) is 4.16. The molecule has 0 saturated heterocycles. The van der Waals surface area contributed by atoms with Crippen molar-refractivity contribution in [2.24, 2.45) is 0 Å². The Kier molecular flexibility index (Phi) is 3.19. The molecule has 0 unspecified atom stereocenters. The molecule has 0 saturated carbocycles. The molecular weight excluding hydrogens is 206 g/mol. The van der Waals surface area contributed by atoms with Crippen molar-refractivity contribution in [2.45, 2.75) is 13.8 Å². The maximum atomic E-state index is 2.25. The smallest absolute Gasteiger partial charge is 0.0369 e. The van der Waals surface area contributed by atoms with Crippen molar-refractivity contribution in [1.82, 2.24) is 0 Å². The first-order valence-corrected chi connectivity index (χ1v) is 5.93. The molecule has 0 N–H and O–H groups in total. The minimum Gasteiger partial charge on any atom is -0.378 e. The van der Waals surface area contributed by atoms with Crippen molar-refractivity contribution in [1.29, 1.82) is 0 Å². The third-order valence-corrected chi connectivity index (χ3v) is 3.03. The van der Waals surface area contributed by atoms with Crippen LogP contribution in [-0.4, -0.2) is 14.1 Å². The largest absolute Gasteiger partial charge is 0.378 e. The topological polar surface area (TPSA) is 3.24 Å². The van der Waals surface area contributed by atoms with Crippen molar-refractivity contribution in [3.05, 3.63) is 53.6 Å². The number of rotatable bonds is 2. The molecule has 1 nitrogen and oxygen atoms in total. The summed E-state index contributed by atoms with van der Waals surface area (Å²) in [5.41, 5.74) is 6.49. The van der Waals surface area contributed by atoms with Gasteiger partial charge in [0, 0.05) is 19.8 Å². The van der Waals surface area contributed by atoms with Crippen LogP contribution in [0.15, 0.2) is 42.5 Å². The van der Waals surface area contributed by atoms with Crippen molar-refractivity contribution in [3.63, 3.8) is 0 Å². The van der Waals surface area contributed by atoms with Gasteiger partial charge in [-0.1, -0.05) is 30.3 Å². The predicted octanol–water partition coefficient (Wildman–Crippen LogP) is 4.04. The fourth-order valence-corrected chi connectivity index (χ4v) is 2.07. The fourth-order valence-electron chi connectivity index (χ4n) is 2.07. The van der Waals surface area contributed by atoms with Crippen LogP contribution in [0.3, 0.4) is 0 Å². The van der Waals surface area contributed by atoms with Crippen LogP contribution in [0.4, 0.5) is 5.69 Å². The Bertz CT molecular complexity index is 527. The van der Waals surface area contributed by atoms with Crippen LogP contribution in [0, 0.1) is 13.8 Å². The van der Waals surface area contributed by atoms with Gasteiger partial charge >= 0.3 is 0 Å². The Labute approximate surface area is 104 Å². The number of anilines is 1. The van der Waals surface area contributed by atoms with E-state index in [0.29, 0.717) is 0 Å². The Balaban J connectivity index is 2.56. The van der Waals surface area contributed by atoms with Gasteiger partial charge in [-0.25, -0.2) is 0 Å². The van der Waals surface area contributed by atoms with Gasteiger partial charge in [-0.15, -0.1) is 0 Å². The lowest BCUT2D eigenvalue weighted by molar-refractivity contribution is 1.13. The van der Waals surface area contributed by atoms with E-state index in [-0.39, 0.29) is 0 Å². The zero-order chi connectivity index (χ0) is 12.4. The Morgan fingerprint density at radius 3 is 2.24 bits per heavy atom. The van der Waals surface area contributed by atoms with E-state index >= 15 is 0 Å². The highest BCUT2D eigenvalue weighted by Gasteiger charge is 2.04. The zero-order valence-corrected chi connectivity index (χ0v) is 11.0. The molecule has 2 rings (SSSR count). The maximum Gasteiger partial charge on any atom is 0.0369 e. The van der Waals surface area contributed by atoms with Crippen molar-refractivity contribution in [2.75, 3.05) is 19.0 Å². The molecule has 0 heterocycles. The summed E-state index contributed by atoms with van der Waals surface area (Å²) in [6.45, 7) is 4.31. The molecule has 0 fully saturated rings. The highest BCUT2D eigenvalue weighted by atomic mass is 15.1. The second-order valence-corrected chi connectivity index (χ2v) is 4.77. The molecule has 0 atom stereocenters. The van der Waals surface area contributed by atoms with E-state index in [9.17, 15) is 0 Å². The molecule has 0 aliphatic heterocycles. The lowest BCUT2D eigenvalue weighted by atomic mass is 9.98. The molecule has 0 aliphatic rings. The van der Waals surface area contributed by atoms with E-state index < -0.39 is 0 Å². The second kappa shape index (κ2) is 4.62. The Morgan fingerprint density at radius 1 is 0.882 bits per heavy atom. The number of hydrogen-bond donors (Lipinski definition) is 0. The third kappa shape index (κ3) is 2.50.